The summed E-state index contributed by atoms with van der Waals surface area (Å²) >= 11 is 3.54. The molecule has 3 heterocycles. The van der Waals surface area contributed by atoms with Crippen LogP contribution in [0.25, 0.3) is 10.9 Å². The van der Waals surface area contributed by atoms with Crippen molar-refractivity contribution >= 4 is 38.8 Å². The summed E-state index contributed by atoms with van der Waals surface area (Å²) in [6.45, 7) is 1.11. The SMILES string of the molecule is COC(=O)N1CCC2(CC1)CC(NC(=O)c1cccc3cc[nH]c13)c1cc(Br)ccc1O2. The minimum Gasteiger partial charge on any atom is -0.487 e. The number of benzene rings is 2. The Bertz CT molecular complexity index is 1180. The first-order chi connectivity index (χ1) is 15.5. The van der Waals surface area contributed by atoms with Crippen LogP contribution in [0.3, 0.4) is 0 Å². The van der Waals surface area contributed by atoms with E-state index in [0.29, 0.717) is 37.9 Å². The molecule has 2 aromatic carbocycles. The van der Waals surface area contributed by atoms with Crippen molar-refractivity contribution in [2.24, 2.45) is 0 Å². The van der Waals surface area contributed by atoms with Gasteiger partial charge in [0.1, 0.15) is 11.4 Å². The Balaban J connectivity index is 1.43. The third-order valence-corrected chi connectivity index (χ3v) is 6.99. The van der Waals surface area contributed by atoms with Crippen molar-refractivity contribution in [3.63, 3.8) is 0 Å². The molecule has 1 spiro atoms. The number of halogens is 1. The number of hydrogen-bond acceptors (Lipinski definition) is 4. The molecule has 2 N–H and O–H groups in total. The number of piperidine rings is 1. The molecule has 3 aromatic rings. The number of rotatable bonds is 2. The fourth-order valence-electron chi connectivity index (χ4n) is 4.81. The van der Waals surface area contributed by atoms with Crippen molar-refractivity contribution in [2.45, 2.75) is 30.9 Å². The molecule has 1 unspecified atom stereocenters. The van der Waals surface area contributed by atoms with Crippen molar-refractivity contribution < 1.29 is 19.1 Å². The van der Waals surface area contributed by atoms with Gasteiger partial charge in [0.25, 0.3) is 5.91 Å². The molecule has 2 aliphatic heterocycles. The topological polar surface area (TPSA) is 83.7 Å². The second kappa shape index (κ2) is 8.16. The highest BCUT2D eigenvalue weighted by Gasteiger charge is 2.44. The summed E-state index contributed by atoms with van der Waals surface area (Å²) in [5.74, 6) is 0.646. The Morgan fingerprint density at radius 3 is 2.81 bits per heavy atom. The molecule has 166 valence electrons. The standard InChI is InChI=1S/C24H24BrN3O4/c1-31-23(30)28-11-8-24(9-12-28)14-19(18-13-16(25)5-6-20(18)32-24)27-22(29)17-4-2-3-15-7-10-26-21(15)17/h2-7,10,13,19,26H,8-9,11-12,14H2,1H3,(H,27,29). The van der Waals surface area contributed by atoms with Crippen LogP contribution in [-0.2, 0) is 4.74 Å². The number of nitrogens with zero attached hydrogens (tertiary/aromatic N) is 1. The monoisotopic (exact) mass is 497 g/mol. The Morgan fingerprint density at radius 1 is 1.22 bits per heavy atom. The van der Waals surface area contributed by atoms with Crippen molar-refractivity contribution in [3.05, 3.63) is 64.3 Å². The highest BCUT2D eigenvalue weighted by Crippen LogP contribution is 2.45. The van der Waals surface area contributed by atoms with Crippen LogP contribution in [0, 0.1) is 0 Å². The molecule has 7 nitrogen and oxygen atoms in total. The maximum Gasteiger partial charge on any atom is 0.409 e. The molecule has 1 aromatic heterocycles. The number of carbonyl (C=O) groups is 2. The van der Waals surface area contributed by atoms with Gasteiger partial charge >= 0.3 is 6.09 Å². The molecule has 1 atom stereocenters. The van der Waals surface area contributed by atoms with Gasteiger partial charge in [-0.05, 0) is 30.3 Å². The van der Waals surface area contributed by atoms with E-state index in [2.05, 4.69) is 26.2 Å². The van der Waals surface area contributed by atoms with Gasteiger partial charge in [0.15, 0.2) is 0 Å². The quantitative estimate of drug-likeness (QED) is 0.533. The van der Waals surface area contributed by atoms with Crippen LogP contribution in [0.2, 0.25) is 0 Å². The predicted molar refractivity (Wildman–Crippen MR) is 124 cm³/mol. The smallest absolute Gasteiger partial charge is 0.409 e. The van der Waals surface area contributed by atoms with Gasteiger partial charge in [-0.3, -0.25) is 4.79 Å². The summed E-state index contributed by atoms with van der Waals surface area (Å²) in [4.78, 5) is 30.1. The fourth-order valence-corrected chi connectivity index (χ4v) is 5.19. The van der Waals surface area contributed by atoms with E-state index < -0.39 is 5.60 Å². The number of aromatic amines is 1. The molecule has 8 heteroatoms. The molecule has 32 heavy (non-hydrogen) atoms. The lowest BCUT2D eigenvalue weighted by atomic mass is 9.80. The van der Waals surface area contributed by atoms with Crippen LogP contribution in [0.15, 0.2) is 53.1 Å². The molecule has 0 saturated carbocycles. The van der Waals surface area contributed by atoms with Gasteiger partial charge in [0.2, 0.25) is 0 Å². The Hall–Kier alpha value is -3.00. The predicted octanol–water partition coefficient (Wildman–Crippen LogP) is 4.79. The van der Waals surface area contributed by atoms with Gasteiger partial charge < -0.3 is 24.7 Å². The van der Waals surface area contributed by atoms with E-state index >= 15 is 0 Å². The molecule has 1 fully saturated rings. The number of amides is 2. The van der Waals surface area contributed by atoms with Gasteiger partial charge in [-0.2, -0.15) is 0 Å². The zero-order valence-electron chi connectivity index (χ0n) is 17.7. The second-order valence-corrected chi connectivity index (χ2v) is 9.32. The van der Waals surface area contributed by atoms with E-state index in [1.54, 1.807) is 4.90 Å². The van der Waals surface area contributed by atoms with E-state index in [-0.39, 0.29) is 18.0 Å². The highest BCUT2D eigenvalue weighted by atomic mass is 79.9. The molecule has 2 amide bonds. The number of aromatic nitrogens is 1. The third kappa shape index (κ3) is 3.72. The van der Waals surface area contributed by atoms with Gasteiger partial charge in [-0.25, -0.2) is 4.79 Å². The number of para-hydroxylation sites is 1. The third-order valence-electron chi connectivity index (χ3n) is 6.49. The summed E-state index contributed by atoms with van der Waals surface area (Å²) in [7, 11) is 1.40. The number of H-pyrrole nitrogens is 1. The summed E-state index contributed by atoms with van der Waals surface area (Å²) in [6, 6.07) is 13.3. The zero-order valence-corrected chi connectivity index (χ0v) is 19.3. The van der Waals surface area contributed by atoms with E-state index in [1.807, 2.05) is 48.7 Å². The maximum atomic E-state index is 13.3. The first-order valence-electron chi connectivity index (χ1n) is 10.7. The number of nitrogens with one attached hydrogen (secondary N) is 2. The maximum absolute atomic E-state index is 13.3. The molecule has 0 aliphatic carbocycles. The average molecular weight is 498 g/mol. The molecule has 5 rings (SSSR count). The number of carbonyl (C=O) groups excluding carboxylic acids is 2. The van der Waals surface area contributed by atoms with Crippen LogP contribution in [0.4, 0.5) is 4.79 Å². The van der Waals surface area contributed by atoms with Gasteiger partial charge in [-0.15, -0.1) is 0 Å². The second-order valence-electron chi connectivity index (χ2n) is 8.40. The van der Waals surface area contributed by atoms with Crippen molar-refractivity contribution in [1.29, 1.82) is 0 Å². The number of likely N-dealkylation sites (tertiary alicyclic amines) is 1. The van der Waals surface area contributed by atoms with Crippen LogP contribution in [0.5, 0.6) is 5.75 Å². The normalized spacial score (nSPS) is 19.3. The lowest BCUT2D eigenvalue weighted by molar-refractivity contribution is -0.0221. The van der Waals surface area contributed by atoms with E-state index in [0.717, 1.165) is 26.7 Å². The summed E-state index contributed by atoms with van der Waals surface area (Å²) in [5.41, 5.74) is 1.95. The number of methoxy groups -OCH3 is 1. The van der Waals surface area contributed by atoms with Gasteiger partial charge in [0.05, 0.1) is 24.2 Å². The number of hydrogen-bond donors (Lipinski definition) is 2. The van der Waals surface area contributed by atoms with E-state index in [9.17, 15) is 9.59 Å². The first-order valence-corrected chi connectivity index (χ1v) is 11.5. The minimum atomic E-state index is -0.443. The fraction of sp³-hybridized carbons (Fsp3) is 0.333. The van der Waals surface area contributed by atoms with Crippen LogP contribution in [0.1, 0.15) is 41.2 Å². The van der Waals surface area contributed by atoms with Crippen molar-refractivity contribution in [2.75, 3.05) is 20.2 Å². The molecule has 2 aliphatic rings. The van der Waals surface area contributed by atoms with Crippen LogP contribution < -0.4 is 10.1 Å². The largest absolute Gasteiger partial charge is 0.487 e. The number of ether oxygens (including phenoxy) is 2. The Kier molecular flexibility index (Phi) is 5.33. The van der Waals surface area contributed by atoms with Crippen molar-refractivity contribution in [3.8, 4) is 5.75 Å². The highest BCUT2D eigenvalue weighted by molar-refractivity contribution is 9.10. The molecule has 1 saturated heterocycles. The molecule has 0 radical (unpaired) electrons. The average Bonchev–Trinajstić information content (AvgIpc) is 3.28. The van der Waals surface area contributed by atoms with Crippen molar-refractivity contribution in [1.82, 2.24) is 15.2 Å². The molecule has 0 bridgehead atoms. The van der Waals surface area contributed by atoms with Gasteiger partial charge in [-0.1, -0.05) is 28.1 Å². The lowest BCUT2D eigenvalue weighted by Crippen LogP contribution is -2.53. The van der Waals surface area contributed by atoms with E-state index in [1.165, 1.54) is 7.11 Å². The Labute approximate surface area is 194 Å². The summed E-state index contributed by atoms with van der Waals surface area (Å²) in [5, 5.41) is 4.25. The zero-order chi connectivity index (χ0) is 22.3. The first kappa shape index (κ1) is 20.9. The van der Waals surface area contributed by atoms with Gasteiger partial charge in [0, 0.05) is 54.0 Å². The van der Waals surface area contributed by atoms with E-state index in [4.69, 9.17) is 9.47 Å². The van der Waals surface area contributed by atoms with Crippen LogP contribution >= 0.6 is 15.9 Å². The summed E-state index contributed by atoms with van der Waals surface area (Å²) < 4.78 is 12.3. The molecular formula is C24H24BrN3O4. The summed E-state index contributed by atoms with van der Waals surface area (Å²) in [6.07, 6.45) is 3.51. The number of fused-ring (bicyclic) bond motifs is 2. The lowest BCUT2D eigenvalue weighted by Gasteiger charge is -2.46. The molecular weight excluding hydrogens is 474 g/mol. The minimum absolute atomic E-state index is 0.127. The van der Waals surface area contributed by atoms with Crippen LogP contribution in [-0.4, -0.2) is 47.7 Å². The Morgan fingerprint density at radius 2 is 2.03 bits per heavy atom.